The van der Waals surface area contributed by atoms with Gasteiger partial charge in [0.05, 0.1) is 0 Å². The van der Waals surface area contributed by atoms with Crippen molar-refractivity contribution in [1.82, 2.24) is 4.90 Å². The summed E-state index contributed by atoms with van der Waals surface area (Å²) in [6, 6.07) is 17.2. The maximum Gasteiger partial charge on any atom is 0.130 e. The van der Waals surface area contributed by atoms with Gasteiger partial charge < -0.3 is 0 Å². The van der Waals surface area contributed by atoms with Gasteiger partial charge in [0, 0.05) is 24.2 Å². The normalized spacial score (nSPS) is 23.8. The minimum absolute atomic E-state index is 0.0767. The highest BCUT2D eigenvalue weighted by molar-refractivity contribution is 5.68. The Bertz CT molecular complexity index is 735. The summed E-state index contributed by atoms with van der Waals surface area (Å²) in [5.41, 5.74) is 4.34. The number of fused-ring (bicyclic) bond motifs is 2. The molecule has 0 radical (unpaired) electrons. The van der Waals surface area contributed by atoms with Crippen LogP contribution in [0.3, 0.4) is 0 Å². The van der Waals surface area contributed by atoms with Gasteiger partial charge in [-0.1, -0.05) is 48.5 Å². The van der Waals surface area contributed by atoms with Crippen LogP contribution in [0.15, 0.2) is 54.6 Å². The molecular formula is C21H22FN. The van der Waals surface area contributed by atoms with E-state index in [1.807, 2.05) is 19.1 Å². The summed E-state index contributed by atoms with van der Waals surface area (Å²) < 4.78 is 14.3. The summed E-state index contributed by atoms with van der Waals surface area (Å²) in [6.45, 7) is 2.93. The second-order valence-corrected chi connectivity index (χ2v) is 6.84. The first-order valence-electron chi connectivity index (χ1n) is 8.47. The van der Waals surface area contributed by atoms with E-state index >= 15 is 0 Å². The number of aryl methyl sites for hydroxylation is 1. The Morgan fingerprint density at radius 3 is 2.65 bits per heavy atom. The second-order valence-electron chi connectivity index (χ2n) is 6.84. The maximum absolute atomic E-state index is 14.3. The zero-order chi connectivity index (χ0) is 15.8. The first-order valence-corrected chi connectivity index (χ1v) is 8.47. The molecule has 2 aliphatic heterocycles. The summed E-state index contributed by atoms with van der Waals surface area (Å²) >= 11 is 0. The molecule has 2 aromatic rings. The van der Waals surface area contributed by atoms with Crippen molar-refractivity contribution in [3.05, 3.63) is 77.1 Å². The number of hydrogen-bond acceptors (Lipinski definition) is 1. The van der Waals surface area contributed by atoms with Crippen molar-refractivity contribution >= 4 is 5.57 Å². The Balaban J connectivity index is 1.59. The quantitative estimate of drug-likeness (QED) is 0.775. The van der Waals surface area contributed by atoms with Gasteiger partial charge in [-0.05, 0) is 49.0 Å². The lowest BCUT2D eigenvalue weighted by molar-refractivity contribution is 0.203. The second kappa shape index (κ2) is 5.93. The molecular weight excluding hydrogens is 285 g/mol. The highest BCUT2D eigenvalue weighted by atomic mass is 19.1. The molecule has 118 valence electrons. The van der Waals surface area contributed by atoms with Crippen LogP contribution in [0.5, 0.6) is 0 Å². The molecule has 2 heteroatoms. The lowest BCUT2D eigenvalue weighted by atomic mass is 9.93. The molecule has 0 aromatic heterocycles. The highest BCUT2D eigenvalue weighted by Crippen LogP contribution is 2.40. The SMILES string of the molecule is Cc1ccc(C2=CC3CCC(C2)N3Cc2ccccc2)c(F)c1. The monoisotopic (exact) mass is 307 g/mol. The van der Waals surface area contributed by atoms with Gasteiger partial charge in [-0.2, -0.15) is 0 Å². The summed E-state index contributed by atoms with van der Waals surface area (Å²) in [5, 5.41) is 0. The number of nitrogens with zero attached hydrogens (tertiary/aromatic N) is 1. The molecule has 2 heterocycles. The summed E-state index contributed by atoms with van der Waals surface area (Å²) in [6.07, 6.45) is 5.67. The molecule has 2 aromatic carbocycles. The molecule has 0 amide bonds. The Morgan fingerprint density at radius 1 is 1.09 bits per heavy atom. The molecule has 4 rings (SSSR count). The van der Waals surface area contributed by atoms with E-state index in [4.69, 9.17) is 0 Å². The molecule has 0 saturated carbocycles. The van der Waals surface area contributed by atoms with Crippen LogP contribution >= 0.6 is 0 Å². The van der Waals surface area contributed by atoms with E-state index in [0.717, 1.165) is 24.1 Å². The minimum atomic E-state index is -0.0767. The lowest BCUT2D eigenvalue weighted by Crippen LogP contribution is -2.37. The van der Waals surface area contributed by atoms with Crippen molar-refractivity contribution in [1.29, 1.82) is 0 Å². The smallest absolute Gasteiger partial charge is 0.130 e. The van der Waals surface area contributed by atoms with E-state index in [2.05, 4.69) is 41.3 Å². The van der Waals surface area contributed by atoms with Crippen LogP contribution in [-0.2, 0) is 6.54 Å². The van der Waals surface area contributed by atoms with Crippen molar-refractivity contribution < 1.29 is 4.39 Å². The predicted molar refractivity (Wildman–Crippen MR) is 92.5 cm³/mol. The summed E-state index contributed by atoms with van der Waals surface area (Å²) in [4.78, 5) is 2.59. The number of hydrogen-bond donors (Lipinski definition) is 0. The standard InChI is InChI=1S/C21H22FN/c1-15-7-10-20(21(22)11-15)17-12-18-8-9-19(13-17)23(18)14-16-5-3-2-4-6-16/h2-7,10-12,18-19H,8-9,13-14H2,1H3. The predicted octanol–water partition coefficient (Wildman–Crippen LogP) is 4.95. The van der Waals surface area contributed by atoms with E-state index < -0.39 is 0 Å². The number of rotatable bonds is 3. The van der Waals surface area contributed by atoms with E-state index in [9.17, 15) is 4.39 Å². The fourth-order valence-electron chi connectivity index (χ4n) is 4.04. The summed E-state index contributed by atoms with van der Waals surface area (Å²) in [7, 11) is 0. The van der Waals surface area contributed by atoms with Gasteiger partial charge in [-0.3, -0.25) is 4.90 Å². The molecule has 0 N–H and O–H groups in total. The molecule has 2 unspecified atom stereocenters. The Hall–Kier alpha value is -1.93. The Kier molecular flexibility index (Phi) is 3.78. The van der Waals surface area contributed by atoms with Crippen molar-refractivity contribution in [2.45, 2.75) is 44.8 Å². The Morgan fingerprint density at radius 2 is 1.91 bits per heavy atom. The molecule has 2 aliphatic rings. The average Bonchev–Trinajstić information content (AvgIpc) is 2.78. The molecule has 23 heavy (non-hydrogen) atoms. The third-order valence-electron chi connectivity index (χ3n) is 5.22. The zero-order valence-electron chi connectivity index (χ0n) is 13.5. The topological polar surface area (TPSA) is 3.24 Å². The lowest BCUT2D eigenvalue weighted by Gasteiger charge is -2.34. The van der Waals surface area contributed by atoms with Gasteiger partial charge in [-0.15, -0.1) is 0 Å². The van der Waals surface area contributed by atoms with Crippen molar-refractivity contribution in [2.24, 2.45) is 0 Å². The molecule has 1 saturated heterocycles. The van der Waals surface area contributed by atoms with Crippen LogP contribution in [0, 0.1) is 12.7 Å². The van der Waals surface area contributed by atoms with Gasteiger partial charge in [0.1, 0.15) is 5.82 Å². The molecule has 1 nitrogen and oxygen atoms in total. The first-order chi connectivity index (χ1) is 11.2. The van der Waals surface area contributed by atoms with Gasteiger partial charge in [0.25, 0.3) is 0 Å². The highest BCUT2D eigenvalue weighted by Gasteiger charge is 2.36. The molecule has 0 aliphatic carbocycles. The van der Waals surface area contributed by atoms with Gasteiger partial charge in [0.2, 0.25) is 0 Å². The van der Waals surface area contributed by atoms with Crippen LogP contribution in [0.2, 0.25) is 0 Å². The van der Waals surface area contributed by atoms with E-state index in [-0.39, 0.29) is 5.82 Å². The van der Waals surface area contributed by atoms with Crippen molar-refractivity contribution in [3.8, 4) is 0 Å². The van der Waals surface area contributed by atoms with E-state index in [1.54, 1.807) is 6.07 Å². The fraction of sp³-hybridized carbons (Fsp3) is 0.333. The average molecular weight is 307 g/mol. The minimum Gasteiger partial charge on any atom is -0.289 e. The van der Waals surface area contributed by atoms with E-state index in [1.165, 1.54) is 24.0 Å². The van der Waals surface area contributed by atoms with Crippen LogP contribution in [0.25, 0.3) is 5.57 Å². The van der Waals surface area contributed by atoms with Gasteiger partial charge in [0.15, 0.2) is 0 Å². The summed E-state index contributed by atoms with van der Waals surface area (Å²) in [5.74, 6) is -0.0767. The molecule has 2 bridgehead atoms. The van der Waals surface area contributed by atoms with Crippen LogP contribution in [-0.4, -0.2) is 17.0 Å². The fourth-order valence-corrected chi connectivity index (χ4v) is 4.04. The largest absolute Gasteiger partial charge is 0.289 e. The number of benzene rings is 2. The third-order valence-corrected chi connectivity index (χ3v) is 5.22. The number of halogens is 1. The molecule has 0 spiro atoms. The molecule has 1 fully saturated rings. The van der Waals surface area contributed by atoms with Crippen molar-refractivity contribution in [3.63, 3.8) is 0 Å². The first kappa shape index (κ1) is 14.6. The Labute approximate surface area is 137 Å². The van der Waals surface area contributed by atoms with Crippen LogP contribution in [0.4, 0.5) is 4.39 Å². The van der Waals surface area contributed by atoms with Crippen LogP contribution in [0.1, 0.15) is 36.0 Å². The van der Waals surface area contributed by atoms with Gasteiger partial charge in [-0.25, -0.2) is 4.39 Å². The van der Waals surface area contributed by atoms with Gasteiger partial charge >= 0.3 is 0 Å². The zero-order valence-corrected chi connectivity index (χ0v) is 13.5. The third kappa shape index (κ3) is 2.84. The maximum atomic E-state index is 14.3. The van der Waals surface area contributed by atoms with Crippen molar-refractivity contribution in [2.75, 3.05) is 0 Å². The van der Waals surface area contributed by atoms with E-state index in [0.29, 0.717) is 12.1 Å². The van der Waals surface area contributed by atoms with Crippen LogP contribution < -0.4 is 0 Å². The molecule has 2 atom stereocenters.